The molecule has 6 nitrogen and oxygen atoms in total. The number of carbonyl (C=O) groups excluding carboxylic acids is 1. The van der Waals surface area contributed by atoms with Gasteiger partial charge in [-0.2, -0.15) is 0 Å². The number of amides is 1. The van der Waals surface area contributed by atoms with Crippen LogP contribution in [0.25, 0.3) is 0 Å². The van der Waals surface area contributed by atoms with E-state index in [-0.39, 0.29) is 10.6 Å². The maximum atomic E-state index is 10.5. The van der Waals surface area contributed by atoms with Gasteiger partial charge in [0.05, 0.1) is 4.92 Å². The zero-order chi connectivity index (χ0) is 15.9. The van der Waals surface area contributed by atoms with Crippen molar-refractivity contribution in [3.05, 3.63) is 38.3 Å². The molecule has 0 radical (unpaired) electrons. The monoisotopic (exact) mass is 346 g/mol. The van der Waals surface area contributed by atoms with E-state index in [1.54, 1.807) is 26.8 Å². The Hall–Kier alpha value is -1.63. The molecule has 0 atom stereocenters. The molecule has 0 unspecified atom stereocenters. The molecule has 0 aliphatic carbocycles. The topological polar surface area (TPSA) is 95.5 Å². The highest BCUT2D eigenvalue weighted by molar-refractivity contribution is 9.10. The second-order valence-electron chi connectivity index (χ2n) is 4.88. The highest BCUT2D eigenvalue weighted by Crippen LogP contribution is 2.26. The second kappa shape index (κ2) is 7.84. The molecule has 112 valence electrons. The summed E-state index contributed by atoms with van der Waals surface area (Å²) in [5, 5.41) is 10.5. The molecular weight excluding hydrogens is 328 g/mol. The van der Waals surface area contributed by atoms with Crippen LogP contribution in [-0.4, -0.2) is 16.6 Å². The van der Waals surface area contributed by atoms with Gasteiger partial charge in [-0.05, 0) is 33.3 Å². The maximum absolute atomic E-state index is 10.5. The van der Waals surface area contributed by atoms with Crippen molar-refractivity contribution in [2.45, 2.75) is 39.7 Å². The van der Waals surface area contributed by atoms with Crippen molar-refractivity contribution in [2.24, 2.45) is 5.73 Å². The lowest BCUT2D eigenvalue weighted by Crippen LogP contribution is -2.27. The molecule has 0 spiro atoms. The Bertz CT molecular complexity index is 484. The van der Waals surface area contributed by atoms with Gasteiger partial charge in [-0.1, -0.05) is 28.9 Å². The average Bonchev–Trinajstić information content (AvgIpc) is 2.25. The molecule has 0 aromatic heterocycles. The summed E-state index contributed by atoms with van der Waals surface area (Å²) in [5.74, 6) is 0. The van der Waals surface area contributed by atoms with Crippen LogP contribution in [-0.2, 0) is 11.2 Å². The summed E-state index contributed by atoms with van der Waals surface area (Å²) in [5.41, 5.74) is 5.20. The number of hydrogen-bond donors (Lipinski definition) is 1. The van der Waals surface area contributed by atoms with E-state index in [1.807, 2.05) is 13.0 Å². The summed E-state index contributed by atoms with van der Waals surface area (Å²) in [4.78, 5) is 20.2. The second-order valence-corrected chi connectivity index (χ2v) is 5.74. The highest BCUT2D eigenvalue weighted by Gasteiger charge is 2.13. The standard InChI is InChI=1S/C8H8BrNO2.C5H11NO2/c1-2-6-7(9)4-3-5-8(6)10(11)12;1-5(2,3)8-4(6)7/h3-5H,2H2,1H3;1-3H3,(H2,6,7). The molecule has 0 saturated carbocycles. The van der Waals surface area contributed by atoms with Gasteiger partial charge < -0.3 is 10.5 Å². The van der Waals surface area contributed by atoms with Crippen molar-refractivity contribution in [2.75, 3.05) is 0 Å². The quantitative estimate of drug-likeness (QED) is 0.650. The summed E-state index contributed by atoms with van der Waals surface area (Å²) < 4.78 is 5.38. The Morgan fingerprint density at radius 1 is 1.45 bits per heavy atom. The third-order valence-electron chi connectivity index (χ3n) is 2.05. The molecule has 0 aliphatic rings. The number of nitrogens with two attached hydrogens (primary N) is 1. The lowest BCUT2D eigenvalue weighted by atomic mass is 10.1. The third kappa shape index (κ3) is 7.08. The predicted molar refractivity (Wildman–Crippen MR) is 80.6 cm³/mol. The van der Waals surface area contributed by atoms with Crippen LogP contribution in [0.3, 0.4) is 0 Å². The van der Waals surface area contributed by atoms with Crippen LogP contribution in [0.15, 0.2) is 22.7 Å². The van der Waals surface area contributed by atoms with E-state index in [0.717, 1.165) is 10.0 Å². The Balaban J connectivity index is 0.000000396. The third-order valence-corrected chi connectivity index (χ3v) is 2.79. The van der Waals surface area contributed by atoms with E-state index in [1.165, 1.54) is 6.07 Å². The molecule has 1 amide bonds. The number of hydrogen-bond acceptors (Lipinski definition) is 4. The van der Waals surface area contributed by atoms with Crippen molar-refractivity contribution in [1.29, 1.82) is 0 Å². The van der Waals surface area contributed by atoms with Crippen molar-refractivity contribution in [3.63, 3.8) is 0 Å². The minimum Gasteiger partial charge on any atom is -0.444 e. The molecule has 0 bridgehead atoms. The van der Waals surface area contributed by atoms with Crippen LogP contribution in [0.2, 0.25) is 0 Å². The van der Waals surface area contributed by atoms with E-state index in [0.29, 0.717) is 6.42 Å². The van der Waals surface area contributed by atoms with E-state index in [2.05, 4.69) is 20.7 Å². The fraction of sp³-hybridized carbons (Fsp3) is 0.462. The van der Waals surface area contributed by atoms with E-state index < -0.39 is 11.7 Å². The van der Waals surface area contributed by atoms with E-state index in [4.69, 9.17) is 5.73 Å². The van der Waals surface area contributed by atoms with Gasteiger partial charge in [0.1, 0.15) is 5.60 Å². The fourth-order valence-corrected chi connectivity index (χ4v) is 2.01. The SMILES string of the molecule is CC(C)(C)OC(N)=O.CCc1c(Br)cccc1[N+](=O)[O-]. The van der Waals surface area contributed by atoms with Crippen LogP contribution in [0.4, 0.5) is 10.5 Å². The summed E-state index contributed by atoms with van der Waals surface area (Å²) in [7, 11) is 0. The molecule has 1 rings (SSSR count). The van der Waals surface area contributed by atoms with Gasteiger partial charge in [-0.25, -0.2) is 4.79 Å². The number of ether oxygens (including phenoxy) is 1. The molecule has 0 aliphatic heterocycles. The molecule has 0 fully saturated rings. The summed E-state index contributed by atoms with van der Waals surface area (Å²) in [6.45, 7) is 7.18. The molecule has 7 heteroatoms. The maximum Gasteiger partial charge on any atom is 0.405 e. The molecule has 2 N–H and O–H groups in total. The number of carbonyl (C=O) groups is 1. The van der Waals surface area contributed by atoms with Gasteiger partial charge in [0.15, 0.2) is 0 Å². The Kier molecular flexibility index (Phi) is 7.20. The number of nitrogens with zero attached hydrogens (tertiary/aromatic N) is 1. The Morgan fingerprint density at radius 2 is 2.00 bits per heavy atom. The number of benzene rings is 1. The van der Waals surface area contributed by atoms with Crippen LogP contribution in [0, 0.1) is 10.1 Å². The van der Waals surface area contributed by atoms with Crippen LogP contribution >= 0.6 is 15.9 Å². The summed E-state index contributed by atoms with van der Waals surface area (Å²) >= 11 is 3.27. The Labute approximate surface area is 126 Å². The first kappa shape index (κ1) is 18.4. The minimum absolute atomic E-state index is 0.187. The number of rotatable bonds is 2. The van der Waals surface area contributed by atoms with Gasteiger partial charge >= 0.3 is 6.09 Å². The van der Waals surface area contributed by atoms with Crippen molar-refractivity contribution in [1.82, 2.24) is 0 Å². The zero-order valence-corrected chi connectivity index (χ0v) is 13.6. The van der Waals surface area contributed by atoms with Gasteiger partial charge in [0.25, 0.3) is 5.69 Å². The highest BCUT2D eigenvalue weighted by atomic mass is 79.9. The van der Waals surface area contributed by atoms with E-state index >= 15 is 0 Å². The largest absolute Gasteiger partial charge is 0.444 e. The first-order valence-electron chi connectivity index (χ1n) is 5.98. The molecule has 1 aromatic rings. The molecule has 0 saturated heterocycles. The van der Waals surface area contributed by atoms with Crippen molar-refractivity contribution in [3.8, 4) is 0 Å². The first-order valence-corrected chi connectivity index (χ1v) is 6.78. The molecule has 0 heterocycles. The fourth-order valence-electron chi connectivity index (χ4n) is 1.37. The van der Waals surface area contributed by atoms with Crippen LogP contribution in [0.1, 0.15) is 33.3 Å². The van der Waals surface area contributed by atoms with Crippen LogP contribution in [0.5, 0.6) is 0 Å². The van der Waals surface area contributed by atoms with Gasteiger partial charge in [0, 0.05) is 16.1 Å². The molecule has 1 aromatic carbocycles. The Morgan fingerprint density at radius 3 is 2.25 bits per heavy atom. The molecular formula is C13H19BrN2O4. The number of halogens is 1. The van der Waals surface area contributed by atoms with Crippen molar-refractivity contribution < 1.29 is 14.5 Å². The normalized spacial score (nSPS) is 10.2. The average molecular weight is 347 g/mol. The van der Waals surface area contributed by atoms with Crippen LogP contribution < -0.4 is 5.73 Å². The van der Waals surface area contributed by atoms with Crippen molar-refractivity contribution >= 4 is 27.7 Å². The lowest BCUT2D eigenvalue weighted by molar-refractivity contribution is -0.385. The van der Waals surface area contributed by atoms with Gasteiger partial charge in [0.2, 0.25) is 0 Å². The predicted octanol–water partition coefficient (Wildman–Crippen LogP) is 3.80. The van der Waals surface area contributed by atoms with E-state index in [9.17, 15) is 14.9 Å². The zero-order valence-electron chi connectivity index (χ0n) is 12.0. The molecule has 20 heavy (non-hydrogen) atoms. The van der Waals surface area contributed by atoms with Gasteiger partial charge in [-0.3, -0.25) is 10.1 Å². The summed E-state index contributed by atoms with van der Waals surface area (Å²) in [6.07, 6.45) is -0.0601. The van der Waals surface area contributed by atoms with Gasteiger partial charge in [-0.15, -0.1) is 0 Å². The number of nitro groups is 1. The number of nitro benzene ring substituents is 1. The minimum atomic E-state index is -0.725. The first-order chi connectivity index (χ1) is 9.08. The summed E-state index contributed by atoms with van der Waals surface area (Å²) in [6, 6.07) is 5.00. The number of primary amides is 1. The smallest absolute Gasteiger partial charge is 0.405 e. The lowest BCUT2D eigenvalue weighted by Gasteiger charge is -2.16.